The number of nitriles is 1. The van der Waals surface area contributed by atoms with Gasteiger partial charge in [0.25, 0.3) is 11.5 Å². The van der Waals surface area contributed by atoms with Gasteiger partial charge in [0, 0.05) is 24.4 Å². The average molecular weight is 297 g/mol. The van der Waals surface area contributed by atoms with Gasteiger partial charge in [-0.15, -0.1) is 0 Å². The van der Waals surface area contributed by atoms with Crippen LogP contribution in [0, 0.1) is 11.3 Å². The van der Waals surface area contributed by atoms with Crippen LogP contribution in [0.2, 0.25) is 0 Å². The lowest BCUT2D eigenvalue weighted by molar-refractivity contribution is 0.0903. The molecule has 0 aliphatic heterocycles. The van der Waals surface area contributed by atoms with Crippen LogP contribution in [0.5, 0.6) is 0 Å². The van der Waals surface area contributed by atoms with Gasteiger partial charge < -0.3 is 15.0 Å². The van der Waals surface area contributed by atoms with E-state index in [1.165, 1.54) is 16.7 Å². The van der Waals surface area contributed by atoms with Crippen LogP contribution < -0.4 is 10.9 Å². The number of carbonyl (C=O) groups excluding carboxylic acids is 1. The standard InChI is InChI=1S/C16H15N3O3/c17-9-12-4-3-5-13(8-12)16(22)18-10-14(20)11-19-7-2-1-6-15(19)21/h1-8,14,20H,10-11H2,(H,18,22)/t14-/m0/s1. The summed E-state index contributed by atoms with van der Waals surface area (Å²) in [5.41, 5.74) is 0.529. The number of hydrogen-bond donors (Lipinski definition) is 2. The molecule has 0 saturated heterocycles. The molecule has 112 valence electrons. The lowest BCUT2D eigenvalue weighted by atomic mass is 10.1. The van der Waals surface area contributed by atoms with Crippen LogP contribution in [0.3, 0.4) is 0 Å². The van der Waals surface area contributed by atoms with Crippen molar-refractivity contribution in [2.45, 2.75) is 12.6 Å². The van der Waals surface area contributed by atoms with E-state index in [0.717, 1.165) is 0 Å². The molecule has 0 bridgehead atoms. The second-order valence-electron chi connectivity index (χ2n) is 4.75. The molecule has 6 nitrogen and oxygen atoms in total. The number of aliphatic hydroxyl groups is 1. The molecular formula is C16H15N3O3. The van der Waals surface area contributed by atoms with Gasteiger partial charge >= 0.3 is 0 Å². The third-order valence-electron chi connectivity index (χ3n) is 3.06. The number of pyridine rings is 1. The van der Waals surface area contributed by atoms with Crippen molar-refractivity contribution in [3.8, 4) is 6.07 Å². The molecule has 6 heteroatoms. The van der Waals surface area contributed by atoms with Crippen molar-refractivity contribution in [2.24, 2.45) is 0 Å². The molecule has 0 fully saturated rings. The number of aromatic nitrogens is 1. The van der Waals surface area contributed by atoms with E-state index in [1.54, 1.807) is 36.5 Å². The Morgan fingerprint density at radius 2 is 2.14 bits per heavy atom. The minimum absolute atomic E-state index is 0.0109. The number of hydrogen-bond acceptors (Lipinski definition) is 4. The molecule has 1 amide bonds. The largest absolute Gasteiger partial charge is 0.389 e. The zero-order chi connectivity index (χ0) is 15.9. The van der Waals surface area contributed by atoms with E-state index in [4.69, 9.17) is 5.26 Å². The van der Waals surface area contributed by atoms with Gasteiger partial charge in [-0.05, 0) is 24.3 Å². The predicted octanol–water partition coefficient (Wildman–Crippen LogP) is 0.511. The SMILES string of the molecule is N#Cc1cccc(C(=O)NC[C@H](O)Cn2ccccc2=O)c1. The summed E-state index contributed by atoms with van der Waals surface area (Å²) in [7, 11) is 0. The maximum atomic E-state index is 11.9. The van der Waals surface area contributed by atoms with Crippen molar-refractivity contribution in [1.82, 2.24) is 9.88 Å². The molecule has 1 atom stereocenters. The highest BCUT2D eigenvalue weighted by atomic mass is 16.3. The van der Waals surface area contributed by atoms with Crippen molar-refractivity contribution in [2.75, 3.05) is 6.54 Å². The van der Waals surface area contributed by atoms with Gasteiger partial charge in [-0.2, -0.15) is 5.26 Å². The number of rotatable bonds is 5. The molecule has 22 heavy (non-hydrogen) atoms. The van der Waals surface area contributed by atoms with Gasteiger partial charge in [-0.1, -0.05) is 12.1 Å². The second kappa shape index (κ2) is 7.20. The molecule has 0 aliphatic rings. The van der Waals surface area contributed by atoms with Crippen LogP contribution in [0.1, 0.15) is 15.9 Å². The first-order valence-corrected chi connectivity index (χ1v) is 6.72. The number of nitrogens with zero attached hydrogens (tertiary/aromatic N) is 2. The molecular weight excluding hydrogens is 282 g/mol. The minimum Gasteiger partial charge on any atom is -0.389 e. The third-order valence-corrected chi connectivity index (χ3v) is 3.06. The summed E-state index contributed by atoms with van der Waals surface area (Å²) in [6.45, 7) is 0.106. The summed E-state index contributed by atoms with van der Waals surface area (Å²) in [5, 5.41) is 21.3. The van der Waals surface area contributed by atoms with Crippen LogP contribution in [0.4, 0.5) is 0 Å². The highest BCUT2D eigenvalue weighted by molar-refractivity contribution is 5.94. The molecule has 0 radical (unpaired) electrons. The predicted molar refractivity (Wildman–Crippen MR) is 80.2 cm³/mol. The molecule has 1 aromatic carbocycles. The Labute approximate surface area is 127 Å². The van der Waals surface area contributed by atoms with Gasteiger partial charge in [0.15, 0.2) is 0 Å². The Kier molecular flexibility index (Phi) is 5.07. The first-order chi connectivity index (χ1) is 10.6. The lowest BCUT2D eigenvalue weighted by Gasteiger charge is -2.13. The quantitative estimate of drug-likeness (QED) is 0.840. The van der Waals surface area contributed by atoms with E-state index in [0.29, 0.717) is 11.1 Å². The van der Waals surface area contributed by atoms with Crippen LogP contribution in [0.25, 0.3) is 0 Å². The van der Waals surface area contributed by atoms with E-state index in [1.807, 2.05) is 6.07 Å². The van der Waals surface area contributed by atoms with Gasteiger partial charge in [0.2, 0.25) is 0 Å². The molecule has 1 aromatic heterocycles. The first kappa shape index (κ1) is 15.5. The fourth-order valence-corrected chi connectivity index (χ4v) is 1.95. The highest BCUT2D eigenvalue weighted by Gasteiger charge is 2.10. The number of benzene rings is 1. The topological polar surface area (TPSA) is 95.1 Å². The number of aliphatic hydroxyl groups excluding tert-OH is 1. The summed E-state index contributed by atoms with van der Waals surface area (Å²) in [5.74, 6) is -0.378. The Bertz CT molecular complexity index is 761. The van der Waals surface area contributed by atoms with E-state index >= 15 is 0 Å². The minimum atomic E-state index is -0.886. The number of nitrogens with one attached hydrogen (secondary N) is 1. The van der Waals surface area contributed by atoms with Gasteiger partial charge in [-0.25, -0.2) is 0 Å². The molecule has 1 heterocycles. The molecule has 2 aromatic rings. The summed E-state index contributed by atoms with van der Waals surface area (Å²) in [6, 6.07) is 13.0. The molecule has 0 spiro atoms. The van der Waals surface area contributed by atoms with E-state index < -0.39 is 6.10 Å². The smallest absolute Gasteiger partial charge is 0.251 e. The Morgan fingerprint density at radius 3 is 2.86 bits per heavy atom. The van der Waals surface area contributed by atoms with Crippen LogP contribution in [-0.2, 0) is 6.54 Å². The Balaban J connectivity index is 1.92. The summed E-state index contributed by atoms with van der Waals surface area (Å²) < 4.78 is 1.37. The zero-order valence-corrected chi connectivity index (χ0v) is 11.8. The molecule has 2 N–H and O–H groups in total. The summed E-state index contributed by atoms with van der Waals surface area (Å²) >= 11 is 0. The molecule has 0 saturated carbocycles. The maximum Gasteiger partial charge on any atom is 0.251 e. The van der Waals surface area contributed by atoms with Crippen LogP contribution in [-0.4, -0.2) is 28.2 Å². The highest BCUT2D eigenvalue weighted by Crippen LogP contribution is 2.04. The van der Waals surface area contributed by atoms with Crippen molar-refractivity contribution in [1.29, 1.82) is 5.26 Å². The lowest BCUT2D eigenvalue weighted by Crippen LogP contribution is -2.36. The van der Waals surface area contributed by atoms with Gasteiger partial charge in [0.1, 0.15) is 0 Å². The fraction of sp³-hybridized carbons (Fsp3) is 0.188. The van der Waals surface area contributed by atoms with Gasteiger partial charge in [-0.3, -0.25) is 9.59 Å². The molecule has 0 unspecified atom stereocenters. The van der Waals surface area contributed by atoms with Crippen molar-refractivity contribution in [3.63, 3.8) is 0 Å². The maximum absolute atomic E-state index is 11.9. The second-order valence-corrected chi connectivity index (χ2v) is 4.75. The van der Waals surface area contributed by atoms with Crippen LogP contribution in [0.15, 0.2) is 53.5 Å². The number of carbonyl (C=O) groups is 1. The van der Waals surface area contributed by atoms with Crippen LogP contribution >= 0.6 is 0 Å². The van der Waals surface area contributed by atoms with Crippen molar-refractivity contribution in [3.05, 3.63) is 70.1 Å². The molecule has 2 rings (SSSR count). The Hall–Kier alpha value is -2.91. The number of amides is 1. The fourth-order valence-electron chi connectivity index (χ4n) is 1.95. The summed E-state index contributed by atoms with van der Waals surface area (Å²) in [4.78, 5) is 23.5. The summed E-state index contributed by atoms with van der Waals surface area (Å²) in [6.07, 6.45) is 0.687. The molecule has 0 aliphatic carbocycles. The third kappa shape index (κ3) is 4.04. The van der Waals surface area contributed by atoms with E-state index in [-0.39, 0.29) is 24.6 Å². The van der Waals surface area contributed by atoms with E-state index in [2.05, 4.69) is 5.32 Å². The zero-order valence-electron chi connectivity index (χ0n) is 11.8. The first-order valence-electron chi connectivity index (χ1n) is 6.72. The van der Waals surface area contributed by atoms with Crippen molar-refractivity contribution >= 4 is 5.91 Å². The van der Waals surface area contributed by atoms with Gasteiger partial charge in [0.05, 0.1) is 24.3 Å². The normalized spacial score (nSPS) is 11.5. The Morgan fingerprint density at radius 1 is 1.32 bits per heavy atom. The average Bonchev–Trinajstić information content (AvgIpc) is 2.55. The van der Waals surface area contributed by atoms with E-state index in [9.17, 15) is 14.7 Å². The van der Waals surface area contributed by atoms with Crippen molar-refractivity contribution < 1.29 is 9.90 Å². The monoisotopic (exact) mass is 297 g/mol.